The molecule has 7 nitrogen and oxygen atoms in total. The minimum Gasteiger partial charge on any atom is -0.508 e. The maximum absolute atomic E-state index is 13.6. The molecule has 1 aliphatic carbocycles. The lowest BCUT2D eigenvalue weighted by Gasteiger charge is -2.44. The second-order valence-corrected chi connectivity index (χ2v) is 10.1. The van der Waals surface area contributed by atoms with E-state index in [-0.39, 0.29) is 31.3 Å². The van der Waals surface area contributed by atoms with Crippen molar-refractivity contribution in [3.05, 3.63) is 59.2 Å². The molecule has 2 aliphatic heterocycles. The van der Waals surface area contributed by atoms with Gasteiger partial charge in [-0.1, -0.05) is 18.2 Å². The van der Waals surface area contributed by atoms with E-state index in [4.69, 9.17) is 9.47 Å². The Morgan fingerprint density at radius 2 is 1.62 bits per heavy atom. The first-order valence-corrected chi connectivity index (χ1v) is 12.0. The zero-order chi connectivity index (χ0) is 28.5. The first-order valence-electron chi connectivity index (χ1n) is 12.0. The number of fused-ring (bicyclic) bond motifs is 3. The fraction of sp³-hybridized carbons (Fsp3) is 0.462. The molecule has 2 aromatic carbocycles. The summed E-state index contributed by atoms with van der Waals surface area (Å²) in [7, 11) is 1.34. The van der Waals surface area contributed by atoms with Crippen molar-refractivity contribution in [2.45, 2.75) is 37.1 Å². The Balaban J connectivity index is 1.58. The van der Waals surface area contributed by atoms with Crippen LogP contribution in [0.5, 0.6) is 5.75 Å². The van der Waals surface area contributed by atoms with E-state index in [1.54, 1.807) is 18.2 Å². The monoisotopic (exact) mass is 559 g/mol. The molecule has 2 amide bonds. The molecule has 0 aromatic heterocycles. The average Bonchev–Trinajstić information content (AvgIpc) is 3.32. The number of ether oxygens (including phenoxy) is 2. The van der Waals surface area contributed by atoms with Crippen LogP contribution < -0.4 is 4.90 Å². The third kappa shape index (κ3) is 4.45. The lowest BCUT2D eigenvalue weighted by atomic mass is 9.64. The van der Waals surface area contributed by atoms with Gasteiger partial charge in [-0.05, 0) is 37.1 Å². The standard InChI is InChI=1S/C26H23F6NO6/c1-38-11-14-9-17-21(18-10-20(39-24(14,18)37)16-4-2-3-5-19(16)34)23(36)33(22(17)35)15-7-12(25(27,28)29)6-13(8-15)26(30,31)32/h2-8,14,17-18,20-21,34,37H,9-11H2,1H3/t14-,17+,18+,20+,21+,24-/m1/s1. The van der Waals surface area contributed by atoms with Crippen molar-refractivity contribution in [3.8, 4) is 5.75 Å². The Bertz CT molecular complexity index is 1280. The molecule has 39 heavy (non-hydrogen) atoms. The second kappa shape index (κ2) is 9.20. The lowest BCUT2D eigenvalue weighted by Crippen LogP contribution is -2.54. The van der Waals surface area contributed by atoms with E-state index in [0.717, 1.165) is 0 Å². The minimum absolute atomic E-state index is 0.0430. The third-order valence-corrected chi connectivity index (χ3v) is 7.85. The Hall–Kier alpha value is -3.16. The number of benzene rings is 2. The number of para-hydroxylation sites is 1. The maximum Gasteiger partial charge on any atom is 0.416 e. The summed E-state index contributed by atoms with van der Waals surface area (Å²) in [5, 5.41) is 22.0. The van der Waals surface area contributed by atoms with E-state index >= 15 is 0 Å². The summed E-state index contributed by atoms with van der Waals surface area (Å²) in [5.74, 6) is -8.48. The fourth-order valence-corrected chi connectivity index (χ4v) is 6.15. The molecule has 2 aromatic rings. The van der Waals surface area contributed by atoms with Gasteiger partial charge in [0.05, 0.1) is 41.4 Å². The zero-order valence-corrected chi connectivity index (χ0v) is 20.3. The molecular formula is C26H23F6NO6. The molecule has 13 heteroatoms. The second-order valence-electron chi connectivity index (χ2n) is 10.1. The number of anilines is 1. The molecule has 0 bridgehead atoms. The van der Waals surface area contributed by atoms with E-state index < -0.39 is 76.5 Å². The Morgan fingerprint density at radius 3 is 2.18 bits per heavy atom. The van der Waals surface area contributed by atoms with Crippen molar-refractivity contribution in [1.82, 2.24) is 0 Å². The molecule has 2 N–H and O–H groups in total. The number of rotatable bonds is 4. The summed E-state index contributed by atoms with van der Waals surface area (Å²) in [6, 6.07) is 6.72. The number of aliphatic hydroxyl groups is 1. The number of nitrogens with zero attached hydrogens (tertiary/aromatic N) is 1. The molecule has 3 fully saturated rings. The molecular weight excluding hydrogens is 536 g/mol. The Kier molecular flexibility index (Phi) is 6.47. The van der Waals surface area contributed by atoms with Gasteiger partial charge in [0.25, 0.3) is 0 Å². The summed E-state index contributed by atoms with van der Waals surface area (Å²) in [6.45, 7) is -0.104. The first-order chi connectivity index (χ1) is 18.2. The highest BCUT2D eigenvalue weighted by Crippen LogP contribution is 2.59. The van der Waals surface area contributed by atoms with Gasteiger partial charge in [0.1, 0.15) is 5.75 Å². The average molecular weight is 559 g/mol. The molecule has 0 radical (unpaired) electrons. The van der Waals surface area contributed by atoms with E-state index in [0.29, 0.717) is 22.6 Å². The number of aromatic hydroxyl groups is 1. The Labute approximate surface area is 217 Å². The van der Waals surface area contributed by atoms with Crippen LogP contribution in [0.25, 0.3) is 0 Å². The predicted octanol–water partition coefficient (Wildman–Crippen LogP) is 4.67. The normalized spacial score (nSPS) is 31.0. The number of halogens is 6. The van der Waals surface area contributed by atoms with Crippen molar-refractivity contribution in [1.29, 1.82) is 0 Å². The van der Waals surface area contributed by atoms with Crippen LogP contribution in [0.3, 0.4) is 0 Å². The minimum atomic E-state index is -5.18. The van der Waals surface area contributed by atoms with Gasteiger partial charge in [-0.15, -0.1) is 0 Å². The van der Waals surface area contributed by atoms with Crippen LogP contribution in [0.15, 0.2) is 42.5 Å². The molecule has 2 heterocycles. The quantitative estimate of drug-likeness (QED) is 0.418. The summed E-state index contributed by atoms with van der Waals surface area (Å²) >= 11 is 0. The molecule has 5 rings (SSSR count). The van der Waals surface area contributed by atoms with Crippen LogP contribution >= 0.6 is 0 Å². The summed E-state index contributed by atoms with van der Waals surface area (Å²) in [5.41, 5.74) is -3.88. The lowest BCUT2D eigenvalue weighted by molar-refractivity contribution is -0.275. The SMILES string of the molecule is COC[C@H]1C[C@@H]2C(=O)N(c3cc(C(F)(F)F)cc(C(F)(F)F)c3)C(=O)[C@@H]2[C@@H]2C[C@@H](c3ccccc3O)O[C@]12O. The number of phenolic OH excluding ortho intramolecular Hbond substituents is 1. The highest BCUT2D eigenvalue weighted by molar-refractivity contribution is 6.22. The Morgan fingerprint density at radius 1 is 1.00 bits per heavy atom. The molecule has 1 saturated carbocycles. The van der Waals surface area contributed by atoms with Crippen LogP contribution in [0.4, 0.5) is 32.0 Å². The largest absolute Gasteiger partial charge is 0.508 e. The summed E-state index contributed by atoms with van der Waals surface area (Å²) in [6.07, 6.45) is -11.5. The molecule has 0 spiro atoms. The topological polar surface area (TPSA) is 96.3 Å². The van der Waals surface area contributed by atoms with E-state index in [9.17, 15) is 46.1 Å². The number of amides is 2. The van der Waals surface area contributed by atoms with Crippen molar-refractivity contribution in [2.75, 3.05) is 18.6 Å². The highest BCUT2D eigenvalue weighted by atomic mass is 19.4. The molecule has 3 aliphatic rings. The van der Waals surface area contributed by atoms with E-state index in [1.165, 1.54) is 13.2 Å². The number of methoxy groups -OCH3 is 1. The number of carbonyl (C=O) groups excluding carboxylic acids is 2. The van der Waals surface area contributed by atoms with Crippen LogP contribution in [0.2, 0.25) is 0 Å². The number of phenols is 1. The van der Waals surface area contributed by atoms with Crippen LogP contribution in [0.1, 0.15) is 35.6 Å². The van der Waals surface area contributed by atoms with Crippen molar-refractivity contribution in [3.63, 3.8) is 0 Å². The van der Waals surface area contributed by atoms with Gasteiger partial charge in [-0.2, -0.15) is 26.3 Å². The fourth-order valence-electron chi connectivity index (χ4n) is 6.15. The third-order valence-electron chi connectivity index (χ3n) is 7.85. The van der Waals surface area contributed by atoms with Crippen molar-refractivity contribution in [2.24, 2.45) is 23.7 Å². The molecule has 0 unspecified atom stereocenters. The van der Waals surface area contributed by atoms with Gasteiger partial charge in [-0.3, -0.25) is 14.5 Å². The van der Waals surface area contributed by atoms with Crippen molar-refractivity contribution >= 4 is 17.5 Å². The predicted molar refractivity (Wildman–Crippen MR) is 121 cm³/mol. The van der Waals surface area contributed by atoms with Gasteiger partial charge in [0.2, 0.25) is 11.8 Å². The molecule has 210 valence electrons. The van der Waals surface area contributed by atoms with Gasteiger partial charge >= 0.3 is 12.4 Å². The summed E-state index contributed by atoms with van der Waals surface area (Å²) < 4.78 is 92.0. The maximum atomic E-state index is 13.6. The number of carbonyl (C=O) groups is 2. The van der Waals surface area contributed by atoms with Crippen LogP contribution in [-0.4, -0.2) is 41.5 Å². The number of alkyl halides is 6. The van der Waals surface area contributed by atoms with E-state index in [2.05, 4.69) is 0 Å². The van der Waals surface area contributed by atoms with Crippen LogP contribution in [-0.2, 0) is 31.4 Å². The van der Waals surface area contributed by atoms with Gasteiger partial charge in [-0.25, -0.2) is 0 Å². The van der Waals surface area contributed by atoms with Gasteiger partial charge in [0.15, 0.2) is 5.79 Å². The number of imide groups is 1. The zero-order valence-electron chi connectivity index (χ0n) is 20.3. The van der Waals surface area contributed by atoms with E-state index in [1.807, 2.05) is 0 Å². The molecule has 2 saturated heterocycles. The number of hydrogen-bond acceptors (Lipinski definition) is 6. The van der Waals surface area contributed by atoms with Crippen molar-refractivity contribution < 1.29 is 55.6 Å². The smallest absolute Gasteiger partial charge is 0.416 e. The number of hydrogen-bond donors (Lipinski definition) is 2. The first kappa shape index (κ1) is 27.4. The summed E-state index contributed by atoms with van der Waals surface area (Å²) in [4.78, 5) is 27.4. The highest BCUT2D eigenvalue weighted by Gasteiger charge is 2.67. The van der Waals surface area contributed by atoms with Crippen LogP contribution in [0, 0.1) is 23.7 Å². The van der Waals surface area contributed by atoms with Gasteiger partial charge in [0, 0.05) is 24.5 Å². The molecule has 6 atom stereocenters. The van der Waals surface area contributed by atoms with Gasteiger partial charge < -0.3 is 19.7 Å².